The van der Waals surface area contributed by atoms with Gasteiger partial charge in [-0.2, -0.15) is 0 Å². The lowest BCUT2D eigenvalue weighted by molar-refractivity contribution is -0.124. The molecule has 2 saturated carbocycles. The number of fused-ring (bicyclic) bond motifs is 1. The van der Waals surface area contributed by atoms with Crippen LogP contribution >= 0.6 is 0 Å². The first-order valence-electron chi connectivity index (χ1n) is 6.00. The molecule has 0 bridgehead atoms. The molecule has 3 rings (SSSR count). The van der Waals surface area contributed by atoms with Crippen LogP contribution in [0.3, 0.4) is 0 Å². The molecule has 0 unspecified atom stereocenters. The summed E-state index contributed by atoms with van der Waals surface area (Å²) in [5.41, 5.74) is 1.61. The maximum atomic E-state index is 11.9. The van der Waals surface area contributed by atoms with Crippen LogP contribution in [-0.2, 0) is 4.79 Å². The number of amides is 1. The second kappa shape index (κ2) is 3.42. The predicted molar refractivity (Wildman–Crippen MR) is 63.7 cm³/mol. The van der Waals surface area contributed by atoms with Crippen LogP contribution in [0.15, 0.2) is 24.3 Å². The summed E-state index contributed by atoms with van der Waals surface area (Å²) in [6.07, 6.45) is 2.05. The minimum absolute atomic E-state index is 0.00861. The van der Waals surface area contributed by atoms with Crippen molar-refractivity contribution in [2.45, 2.75) is 19.8 Å². The zero-order valence-electron chi connectivity index (χ0n) is 9.82. The van der Waals surface area contributed by atoms with Gasteiger partial charge in [0.1, 0.15) is 0 Å². The maximum absolute atomic E-state index is 11.9. The van der Waals surface area contributed by atoms with Gasteiger partial charge in [0.25, 0.3) is 0 Å². The van der Waals surface area contributed by atoms with E-state index in [1.54, 1.807) is 6.07 Å². The molecule has 0 radical (unpaired) electrons. The Hall–Kier alpha value is -1.64. The molecule has 1 aromatic rings. The summed E-state index contributed by atoms with van der Waals surface area (Å²) in [5, 5.41) is 2.76. The van der Waals surface area contributed by atoms with E-state index < -0.39 is 0 Å². The van der Waals surface area contributed by atoms with E-state index in [2.05, 4.69) is 5.32 Å². The van der Waals surface area contributed by atoms with Crippen molar-refractivity contribution < 1.29 is 9.59 Å². The lowest BCUT2D eigenvalue weighted by atomic mass is 10.0. The second-order valence-electron chi connectivity index (χ2n) is 5.18. The Balaban J connectivity index is 1.60. The second-order valence-corrected chi connectivity index (χ2v) is 5.18. The third-order valence-corrected chi connectivity index (χ3v) is 3.99. The lowest BCUT2D eigenvalue weighted by Crippen LogP contribution is -2.33. The first-order chi connectivity index (χ1) is 8.13. The molecule has 0 atom stereocenters. The van der Waals surface area contributed by atoms with E-state index >= 15 is 0 Å². The number of ketones is 1. The molecule has 2 fully saturated rings. The van der Waals surface area contributed by atoms with Crippen molar-refractivity contribution in [1.82, 2.24) is 5.32 Å². The van der Waals surface area contributed by atoms with Crippen molar-refractivity contribution in [1.29, 1.82) is 0 Å². The molecule has 0 heterocycles. The minimum atomic E-state index is -0.0496. The number of carbonyl (C=O) groups excluding carboxylic acids is 2. The fourth-order valence-electron chi connectivity index (χ4n) is 2.39. The molecule has 3 nitrogen and oxygen atoms in total. The molecule has 88 valence electrons. The van der Waals surface area contributed by atoms with Crippen molar-refractivity contribution in [3.05, 3.63) is 35.4 Å². The molecule has 0 saturated heterocycles. The van der Waals surface area contributed by atoms with Gasteiger partial charge in [-0.05, 0) is 31.2 Å². The number of hydrogen-bond donors (Lipinski definition) is 1. The maximum Gasteiger partial charge on any atom is 0.226 e. The van der Waals surface area contributed by atoms with Crippen LogP contribution in [0.1, 0.15) is 28.8 Å². The highest BCUT2D eigenvalue weighted by atomic mass is 16.2. The number of hydrogen-bond acceptors (Lipinski definition) is 2. The number of carbonyl (C=O) groups is 2. The van der Waals surface area contributed by atoms with E-state index in [-0.39, 0.29) is 23.7 Å². The topological polar surface area (TPSA) is 46.2 Å². The highest BCUT2D eigenvalue weighted by Crippen LogP contribution is 2.75. The first kappa shape index (κ1) is 10.5. The van der Waals surface area contributed by atoms with E-state index in [1.807, 2.05) is 25.1 Å². The fraction of sp³-hybridized carbons (Fsp3) is 0.429. The Morgan fingerprint density at radius 3 is 2.59 bits per heavy atom. The van der Waals surface area contributed by atoms with Gasteiger partial charge in [0.05, 0.1) is 12.0 Å². The van der Waals surface area contributed by atoms with Crippen molar-refractivity contribution in [2.24, 2.45) is 11.3 Å². The van der Waals surface area contributed by atoms with Gasteiger partial charge in [-0.3, -0.25) is 9.59 Å². The van der Waals surface area contributed by atoms with E-state index in [0.29, 0.717) is 11.5 Å². The van der Waals surface area contributed by atoms with Gasteiger partial charge in [0.2, 0.25) is 5.91 Å². The van der Waals surface area contributed by atoms with Crippen LogP contribution in [-0.4, -0.2) is 18.2 Å². The molecular formula is C14H15NO2. The average molecular weight is 229 g/mol. The zero-order chi connectivity index (χ0) is 12.0. The normalized spacial score (nSPS) is 28.2. The molecule has 17 heavy (non-hydrogen) atoms. The summed E-state index contributed by atoms with van der Waals surface area (Å²) in [6, 6.07) is 7.46. The Bertz CT molecular complexity index is 501. The van der Waals surface area contributed by atoms with Crippen LogP contribution in [0.5, 0.6) is 0 Å². The molecule has 1 aromatic carbocycles. The van der Waals surface area contributed by atoms with E-state index in [0.717, 1.165) is 18.4 Å². The molecule has 2 aliphatic rings. The van der Waals surface area contributed by atoms with Crippen LogP contribution in [0.25, 0.3) is 0 Å². The van der Waals surface area contributed by atoms with Gasteiger partial charge in [-0.25, -0.2) is 0 Å². The largest absolute Gasteiger partial charge is 0.348 e. The molecule has 1 amide bonds. The number of nitrogens with one attached hydrogen (secondary N) is 1. The lowest BCUT2D eigenvalue weighted by Gasteiger charge is -2.07. The number of benzene rings is 1. The standard InChI is InChI=1S/C14H15NO2/c1-9-4-2-3-5-11(9)12(16)8-15-13(17)14-6-10(14)7-14/h2-5,10H,6-8H2,1H3,(H,15,17). The molecule has 3 heteroatoms. The number of Topliss-reactive ketones (excluding diaryl/α,β-unsaturated/α-hetero) is 1. The van der Waals surface area contributed by atoms with Gasteiger partial charge in [0.15, 0.2) is 5.78 Å². The van der Waals surface area contributed by atoms with Gasteiger partial charge in [-0.15, -0.1) is 0 Å². The summed E-state index contributed by atoms with van der Waals surface area (Å²) >= 11 is 0. The van der Waals surface area contributed by atoms with E-state index in [9.17, 15) is 9.59 Å². The molecule has 0 spiro atoms. The Morgan fingerprint density at radius 1 is 1.35 bits per heavy atom. The summed E-state index contributed by atoms with van der Waals surface area (Å²) in [5.74, 6) is 0.686. The van der Waals surface area contributed by atoms with Crippen molar-refractivity contribution >= 4 is 11.7 Å². The molecule has 1 N–H and O–H groups in total. The summed E-state index contributed by atoms with van der Waals surface area (Å²) in [4.78, 5) is 23.6. The fourth-order valence-corrected chi connectivity index (χ4v) is 2.39. The van der Waals surface area contributed by atoms with Gasteiger partial charge in [0, 0.05) is 5.56 Å². The smallest absolute Gasteiger partial charge is 0.226 e. The third-order valence-electron chi connectivity index (χ3n) is 3.99. The first-order valence-corrected chi connectivity index (χ1v) is 6.00. The highest BCUT2D eigenvalue weighted by Gasteiger charge is 2.74. The number of rotatable bonds is 4. The molecular weight excluding hydrogens is 214 g/mol. The van der Waals surface area contributed by atoms with Crippen LogP contribution in [0, 0.1) is 18.3 Å². The zero-order valence-corrected chi connectivity index (χ0v) is 9.82. The Kier molecular flexibility index (Phi) is 2.12. The summed E-state index contributed by atoms with van der Waals surface area (Å²) in [7, 11) is 0. The SMILES string of the molecule is Cc1ccccc1C(=O)CNC(=O)C12CC1C2. The van der Waals surface area contributed by atoms with Crippen molar-refractivity contribution in [3.63, 3.8) is 0 Å². The van der Waals surface area contributed by atoms with Crippen LogP contribution in [0.4, 0.5) is 0 Å². The monoisotopic (exact) mass is 229 g/mol. The Morgan fingerprint density at radius 2 is 2.00 bits per heavy atom. The Labute approximate surface area is 100 Å². The van der Waals surface area contributed by atoms with E-state index in [1.165, 1.54) is 0 Å². The van der Waals surface area contributed by atoms with Crippen LogP contribution < -0.4 is 5.32 Å². The number of aryl methyl sites for hydroxylation is 1. The molecule has 0 aromatic heterocycles. The summed E-state index contributed by atoms with van der Waals surface area (Å²) in [6.45, 7) is 2.03. The molecule has 0 aliphatic heterocycles. The van der Waals surface area contributed by atoms with Gasteiger partial charge < -0.3 is 5.32 Å². The van der Waals surface area contributed by atoms with Crippen molar-refractivity contribution in [3.8, 4) is 0 Å². The predicted octanol–water partition coefficient (Wildman–Crippen LogP) is 1.70. The third kappa shape index (κ3) is 1.66. The van der Waals surface area contributed by atoms with Crippen molar-refractivity contribution in [2.75, 3.05) is 6.54 Å². The quantitative estimate of drug-likeness (QED) is 0.799. The summed E-state index contributed by atoms with van der Waals surface area (Å²) < 4.78 is 0. The van der Waals surface area contributed by atoms with Crippen LogP contribution in [0.2, 0.25) is 0 Å². The average Bonchev–Trinajstić information content (AvgIpc) is 3.14. The van der Waals surface area contributed by atoms with Gasteiger partial charge in [-0.1, -0.05) is 24.3 Å². The molecule has 2 aliphatic carbocycles. The minimum Gasteiger partial charge on any atom is -0.348 e. The van der Waals surface area contributed by atoms with Gasteiger partial charge >= 0.3 is 0 Å². The highest BCUT2D eigenvalue weighted by molar-refractivity contribution is 6.01. The van der Waals surface area contributed by atoms with E-state index in [4.69, 9.17) is 0 Å².